The third-order valence-electron chi connectivity index (χ3n) is 3.55. The van der Waals surface area contributed by atoms with Gasteiger partial charge < -0.3 is 10.3 Å². The minimum absolute atomic E-state index is 0.00467. The number of benzene rings is 2. The van der Waals surface area contributed by atoms with Crippen LogP contribution in [0.25, 0.3) is 0 Å². The third kappa shape index (κ3) is 4.80. The molecule has 0 aliphatic rings. The van der Waals surface area contributed by atoms with Crippen LogP contribution in [0.3, 0.4) is 0 Å². The van der Waals surface area contributed by atoms with Crippen molar-refractivity contribution in [3.63, 3.8) is 0 Å². The standard InChI is InChI=1S/C18H14ClN3O4S2/c19-12-6-8-13(9-7-12)21-16(23)11-27-18-20-10-15(17(24)22-18)28(25,26)14-4-2-1-3-5-14/h1-10H,11H2,(H,21,23)(H,20,22,24). The Morgan fingerprint density at radius 1 is 1.11 bits per heavy atom. The van der Waals surface area contributed by atoms with E-state index in [2.05, 4.69) is 15.3 Å². The molecule has 144 valence electrons. The number of halogens is 1. The predicted octanol–water partition coefficient (Wildman–Crippen LogP) is 2.99. The van der Waals surface area contributed by atoms with E-state index in [1.54, 1.807) is 42.5 Å². The van der Waals surface area contributed by atoms with Crippen molar-refractivity contribution in [2.45, 2.75) is 14.9 Å². The summed E-state index contributed by atoms with van der Waals surface area (Å²) in [6, 6.07) is 14.2. The van der Waals surface area contributed by atoms with Crippen LogP contribution in [0.2, 0.25) is 5.02 Å². The van der Waals surface area contributed by atoms with E-state index < -0.39 is 20.3 Å². The zero-order valence-electron chi connectivity index (χ0n) is 14.3. The molecule has 10 heteroatoms. The molecule has 0 fully saturated rings. The van der Waals surface area contributed by atoms with Gasteiger partial charge in [-0.15, -0.1) is 0 Å². The summed E-state index contributed by atoms with van der Waals surface area (Å²) >= 11 is 6.77. The average Bonchev–Trinajstić information content (AvgIpc) is 2.69. The number of amides is 1. The van der Waals surface area contributed by atoms with Crippen LogP contribution in [0.1, 0.15) is 0 Å². The van der Waals surface area contributed by atoms with Gasteiger partial charge in [0.15, 0.2) is 10.1 Å². The fourth-order valence-corrected chi connectivity index (χ4v) is 4.24. The molecule has 0 spiro atoms. The van der Waals surface area contributed by atoms with Crippen LogP contribution in [0.4, 0.5) is 5.69 Å². The smallest absolute Gasteiger partial charge is 0.270 e. The first kappa shape index (κ1) is 20.1. The van der Waals surface area contributed by atoms with Gasteiger partial charge in [0, 0.05) is 10.7 Å². The highest BCUT2D eigenvalue weighted by molar-refractivity contribution is 7.99. The average molecular weight is 436 g/mol. The summed E-state index contributed by atoms with van der Waals surface area (Å²) in [6.07, 6.45) is 1.00. The van der Waals surface area contributed by atoms with Crippen LogP contribution >= 0.6 is 23.4 Å². The molecule has 0 atom stereocenters. The van der Waals surface area contributed by atoms with E-state index in [-0.39, 0.29) is 21.7 Å². The van der Waals surface area contributed by atoms with Crippen molar-refractivity contribution in [1.82, 2.24) is 9.97 Å². The van der Waals surface area contributed by atoms with E-state index >= 15 is 0 Å². The van der Waals surface area contributed by atoms with Gasteiger partial charge in [0.1, 0.15) is 0 Å². The molecule has 1 aromatic heterocycles. The summed E-state index contributed by atoms with van der Waals surface area (Å²) in [6.45, 7) is 0. The number of H-pyrrole nitrogens is 1. The van der Waals surface area contributed by atoms with E-state index in [1.807, 2.05) is 0 Å². The van der Waals surface area contributed by atoms with Crippen LogP contribution in [0, 0.1) is 0 Å². The molecule has 0 unspecified atom stereocenters. The number of carbonyl (C=O) groups excluding carboxylic acids is 1. The van der Waals surface area contributed by atoms with E-state index in [0.717, 1.165) is 18.0 Å². The Kier molecular flexibility index (Phi) is 6.18. The Morgan fingerprint density at radius 3 is 2.43 bits per heavy atom. The number of sulfone groups is 1. The number of rotatable bonds is 6. The zero-order chi connectivity index (χ0) is 20.1. The van der Waals surface area contributed by atoms with Crippen LogP contribution < -0.4 is 10.9 Å². The van der Waals surface area contributed by atoms with Gasteiger partial charge in [-0.3, -0.25) is 9.59 Å². The molecule has 0 radical (unpaired) electrons. The molecular formula is C18H14ClN3O4S2. The van der Waals surface area contributed by atoms with Gasteiger partial charge in [0.25, 0.3) is 5.56 Å². The highest BCUT2D eigenvalue weighted by Gasteiger charge is 2.22. The number of aromatic nitrogens is 2. The quantitative estimate of drug-likeness (QED) is 0.455. The normalized spacial score (nSPS) is 11.2. The first-order chi connectivity index (χ1) is 13.4. The molecule has 3 aromatic rings. The number of carbonyl (C=O) groups is 1. The number of thioether (sulfide) groups is 1. The molecule has 0 aliphatic carbocycles. The van der Waals surface area contributed by atoms with Gasteiger partial charge in [-0.2, -0.15) is 0 Å². The maximum Gasteiger partial charge on any atom is 0.270 e. The second-order valence-corrected chi connectivity index (χ2v) is 8.86. The number of hydrogen-bond acceptors (Lipinski definition) is 6. The Labute approximate surface area is 170 Å². The topological polar surface area (TPSA) is 109 Å². The van der Waals surface area contributed by atoms with Crippen molar-refractivity contribution < 1.29 is 13.2 Å². The fourth-order valence-electron chi connectivity index (χ4n) is 2.22. The molecule has 1 heterocycles. The molecule has 0 bridgehead atoms. The number of aromatic amines is 1. The molecule has 0 aliphatic heterocycles. The number of nitrogens with zero attached hydrogens (tertiary/aromatic N) is 1. The first-order valence-electron chi connectivity index (χ1n) is 7.94. The van der Waals surface area contributed by atoms with E-state index in [9.17, 15) is 18.0 Å². The van der Waals surface area contributed by atoms with E-state index in [1.165, 1.54) is 12.1 Å². The highest BCUT2D eigenvalue weighted by atomic mass is 35.5. The molecule has 2 aromatic carbocycles. The lowest BCUT2D eigenvalue weighted by Gasteiger charge is -2.06. The number of hydrogen-bond donors (Lipinski definition) is 2. The van der Waals surface area contributed by atoms with Gasteiger partial charge in [-0.25, -0.2) is 13.4 Å². The van der Waals surface area contributed by atoms with Gasteiger partial charge in [-0.1, -0.05) is 41.6 Å². The Hall–Kier alpha value is -2.62. The van der Waals surface area contributed by atoms with Crippen LogP contribution in [0.5, 0.6) is 0 Å². The monoisotopic (exact) mass is 435 g/mol. The summed E-state index contributed by atoms with van der Waals surface area (Å²) in [4.78, 5) is 30.1. The van der Waals surface area contributed by atoms with E-state index in [4.69, 9.17) is 11.6 Å². The van der Waals surface area contributed by atoms with Crippen molar-refractivity contribution in [1.29, 1.82) is 0 Å². The molecule has 0 saturated heterocycles. The van der Waals surface area contributed by atoms with Gasteiger partial charge in [0.2, 0.25) is 15.7 Å². The fraction of sp³-hybridized carbons (Fsp3) is 0.0556. The van der Waals surface area contributed by atoms with Crippen LogP contribution in [-0.4, -0.2) is 30.0 Å². The third-order valence-corrected chi connectivity index (χ3v) is 6.46. The maximum atomic E-state index is 12.5. The second-order valence-electron chi connectivity index (χ2n) is 5.54. The summed E-state index contributed by atoms with van der Waals surface area (Å²) in [5.74, 6) is -0.327. The van der Waals surface area contributed by atoms with Crippen LogP contribution in [0.15, 0.2) is 80.5 Å². The van der Waals surface area contributed by atoms with Crippen molar-refractivity contribution in [2.24, 2.45) is 0 Å². The number of nitrogens with one attached hydrogen (secondary N) is 2. The largest absolute Gasteiger partial charge is 0.325 e. The SMILES string of the molecule is O=C(CSc1ncc(S(=O)(=O)c2ccccc2)c(=O)[nH]1)Nc1ccc(Cl)cc1. The minimum Gasteiger partial charge on any atom is -0.325 e. The Balaban J connectivity index is 1.68. The Bertz CT molecular complexity index is 1150. The molecule has 1 amide bonds. The van der Waals surface area contributed by atoms with Crippen LogP contribution in [-0.2, 0) is 14.6 Å². The van der Waals surface area contributed by atoms with E-state index in [0.29, 0.717) is 10.7 Å². The molecule has 7 nitrogen and oxygen atoms in total. The second kappa shape index (κ2) is 8.59. The molecular weight excluding hydrogens is 422 g/mol. The highest BCUT2D eigenvalue weighted by Crippen LogP contribution is 2.19. The summed E-state index contributed by atoms with van der Waals surface area (Å²) in [5.41, 5.74) is -0.208. The van der Waals surface area contributed by atoms with Crippen molar-refractivity contribution in [2.75, 3.05) is 11.1 Å². The van der Waals surface area contributed by atoms with Gasteiger partial charge in [-0.05, 0) is 36.4 Å². The Morgan fingerprint density at radius 2 is 1.79 bits per heavy atom. The predicted molar refractivity (Wildman–Crippen MR) is 108 cm³/mol. The summed E-state index contributed by atoms with van der Waals surface area (Å²) < 4.78 is 25.0. The maximum absolute atomic E-state index is 12.5. The van der Waals surface area contributed by atoms with Crippen molar-refractivity contribution in [3.05, 3.63) is 76.2 Å². The lowest BCUT2D eigenvalue weighted by atomic mass is 10.3. The molecule has 0 saturated carbocycles. The number of anilines is 1. The van der Waals surface area contributed by atoms with Crippen molar-refractivity contribution in [3.8, 4) is 0 Å². The zero-order valence-corrected chi connectivity index (χ0v) is 16.6. The first-order valence-corrected chi connectivity index (χ1v) is 10.8. The lowest BCUT2D eigenvalue weighted by Crippen LogP contribution is -2.20. The summed E-state index contributed by atoms with van der Waals surface area (Å²) in [7, 11) is -3.97. The molecule has 28 heavy (non-hydrogen) atoms. The van der Waals surface area contributed by atoms with Gasteiger partial charge in [0.05, 0.1) is 16.8 Å². The molecule has 2 N–H and O–H groups in total. The van der Waals surface area contributed by atoms with Gasteiger partial charge >= 0.3 is 0 Å². The summed E-state index contributed by atoms with van der Waals surface area (Å²) in [5, 5.41) is 3.37. The van der Waals surface area contributed by atoms with Crippen molar-refractivity contribution >= 4 is 44.8 Å². The lowest BCUT2D eigenvalue weighted by molar-refractivity contribution is -0.113. The minimum atomic E-state index is -3.97. The molecule has 3 rings (SSSR count).